The van der Waals surface area contributed by atoms with Gasteiger partial charge in [-0.15, -0.1) is 0 Å². The van der Waals surface area contributed by atoms with Gasteiger partial charge in [0.25, 0.3) is 0 Å². The van der Waals surface area contributed by atoms with Crippen LogP contribution < -0.4 is 10.1 Å². The molecular weight excluding hydrogens is 236 g/mol. The van der Waals surface area contributed by atoms with Crippen LogP contribution in [0.1, 0.15) is 35.6 Å². The van der Waals surface area contributed by atoms with E-state index in [1.54, 1.807) is 7.11 Å². The molecule has 2 aliphatic heterocycles. The summed E-state index contributed by atoms with van der Waals surface area (Å²) in [5, 5.41) is 3.51. The van der Waals surface area contributed by atoms with Crippen molar-refractivity contribution in [3.8, 4) is 5.75 Å². The zero-order valence-electron chi connectivity index (χ0n) is 12.2. The van der Waals surface area contributed by atoms with E-state index >= 15 is 0 Å². The Hall–Kier alpha value is -1.06. The molecule has 0 spiro atoms. The van der Waals surface area contributed by atoms with Crippen LogP contribution in [0.25, 0.3) is 0 Å². The lowest BCUT2D eigenvalue weighted by Gasteiger charge is -2.35. The number of nitrogens with one attached hydrogen (secondary N) is 1. The molecule has 2 heterocycles. The highest BCUT2D eigenvalue weighted by Gasteiger charge is 2.36. The van der Waals surface area contributed by atoms with Crippen LogP contribution >= 0.6 is 0 Å². The highest BCUT2D eigenvalue weighted by atomic mass is 16.5. The highest BCUT2D eigenvalue weighted by molar-refractivity contribution is 5.45. The summed E-state index contributed by atoms with van der Waals surface area (Å²) in [7, 11) is 1.75. The van der Waals surface area contributed by atoms with Crippen LogP contribution in [0, 0.1) is 13.8 Å². The molecule has 19 heavy (non-hydrogen) atoms. The van der Waals surface area contributed by atoms with Gasteiger partial charge in [-0.3, -0.25) is 4.90 Å². The monoisotopic (exact) mass is 260 g/mol. The second-order valence-corrected chi connectivity index (χ2v) is 5.80. The molecule has 2 atom stereocenters. The van der Waals surface area contributed by atoms with Gasteiger partial charge in [0.1, 0.15) is 5.75 Å². The molecule has 0 saturated carbocycles. The first-order valence-electron chi connectivity index (χ1n) is 7.33. The van der Waals surface area contributed by atoms with Gasteiger partial charge in [-0.1, -0.05) is 6.07 Å². The Morgan fingerprint density at radius 3 is 2.84 bits per heavy atom. The molecule has 1 aromatic carbocycles. The Balaban J connectivity index is 1.92. The van der Waals surface area contributed by atoms with Crippen LogP contribution in [0.4, 0.5) is 0 Å². The van der Waals surface area contributed by atoms with Crippen molar-refractivity contribution in [3.05, 3.63) is 28.8 Å². The van der Waals surface area contributed by atoms with Gasteiger partial charge in [0, 0.05) is 31.7 Å². The number of fused-ring (bicyclic) bond motifs is 1. The van der Waals surface area contributed by atoms with Gasteiger partial charge in [0.2, 0.25) is 0 Å². The van der Waals surface area contributed by atoms with Gasteiger partial charge in [0.15, 0.2) is 0 Å². The molecule has 1 N–H and O–H groups in total. The molecule has 0 aliphatic carbocycles. The Kier molecular flexibility index (Phi) is 3.50. The smallest absolute Gasteiger partial charge is 0.122 e. The molecule has 104 valence electrons. The number of hydrogen-bond acceptors (Lipinski definition) is 3. The average molecular weight is 260 g/mol. The van der Waals surface area contributed by atoms with Gasteiger partial charge in [-0.05, 0) is 49.4 Å². The number of methoxy groups -OCH3 is 1. The average Bonchev–Trinajstić information content (AvgIpc) is 2.86. The standard InChI is InChI=1S/C16H24N2O/c1-11-12(2)16(19-3)7-5-14(11)15-6-4-13-10-17-8-9-18(13)15/h5,7,13,15,17H,4,6,8-10H2,1-3H3/t13-,15+/m0/s1. The maximum Gasteiger partial charge on any atom is 0.122 e. The fraction of sp³-hybridized carbons (Fsp3) is 0.625. The van der Waals surface area contributed by atoms with Crippen molar-refractivity contribution in [2.75, 3.05) is 26.7 Å². The quantitative estimate of drug-likeness (QED) is 0.884. The van der Waals surface area contributed by atoms with E-state index in [0.29, 0.717) is 6.04 Å². The number of rotatable bonds is 2. The van der Waals surface area contributed by atoms with E-state index in [9.17, 15) is 0 Å². The van der Waals surface area contributed by atoms with Crippen molar-refractivity contribution in [2.24, 2.45) is 0 Å². The molecule has 0 radical (unpaired) electrons. The summed E-state index contributed by atoms with van der Waals surface area (Å²) in [6.45, 7) is 7.87. The van der Waals surface area contributed by atoms with E-state index in [1.807, 2.05) is 0 Å². The first kappa shape index (κ1) is 12.9. The van der Waals surface area contributed by atoms with Gasteiger partial charge in [0.05, 0.1) is 7.11 Å². The number of hydrogen-bond donors (Lipinski definition) is 1. The summed E-state index contributed by atoms with van der Waals surface area (Å²) < 4.78 is 5.43. The van der Waals surface area contributed by atoms with E-state index in [0.717, 1.165) is 24.9 Å². The lowest BCUT2D eigenvalue weighted by atomic mass is 9.95. The summed E-state index contributed by atoms with van der Waals surface area (Å²) in [5.41, 5.74) is 4.20. The first-order chi connectivity index (χ1) is 9.22. The van der Waals surface area contributed by atoms with E-state index in [1.165, 1.54) is 36.1 Å². The predicted octanol–water partition coefficient (Wildman–Crippen LogP) is 2.42. The maximum absolute atomic E-state index is 5.43. The number of benzene rings is 1. The van der Waals surface area contributed by atoms with Crippen molar-refractivity contribution < 1.29 is 4.74 Å². The molecule has 0 amide bonds. The maximum atomic E-state index is 5.43. The summed E-state index contributed by atoms with van der Waals surface area (Å²) in [6, 6.07) is 5.75. The van der Waals surface area contributed by atoms with Crippen LogP contribution in [0.5, 0.6) is 5.75 Å². The number of ether oxygens (including phenoxy) is 1. The minimum Gasteiger partial charge on any atom is -0.496 e. The molecule has 0 aromatic heterocycles. The predicted molar refractivity (Wildman–Crippen MR) is 77.8 cm³/mol. The van der Waals surface area contributed by atoms with Crippen molar-refractivity contribution in [1.82, 2.24) is 10.2 Å². The topological polar surface area (TPSA) is 24.5 Å². The first-order valence-corrected chi connectivity index (χ1v) is 7.33. The molecule has 2 aliphatic rings. The summed E-state index contributed by atoms with van der Waals surface area (Å²) in [6.07, 6.45) is 2.61. The van der Waals surface area contributed by atoms with Crippen molar-refractivity contribution in [1.29, 1.82) is 0 Å². The Morgan fingerprint density at radius 2 is 2.05 bits per heavy atom. The van der Waals surface area contributed by atoms with E-state index < -0.39 is 0 Å². The summed E-state index contributed by atoms with van der Waals surface area (Å²) in [5.74, 6) is 1.01. The second-order valence-electron chi connectivity index (χ2n) is 5.80. The Morgan fingerprint density at radius 1 is 1.21 bits per heavy atom. The third kappa shape index (κ3) is 2.15. The SMILES string of the molecule is COc1ccc([C@H]2CC[C@H]3CNCCN32)c(C)c1C. The Labute approximate surface area is 115 Å². The minimum atomic E-state index is 0.608. The highest BCUT2D eigenvalue weighted by Crippen LogP contribution is 2.39. The van der Waals surface area contributed by atoms with Crippen molar-refractivity contribution in [3.63, 3.8) is 0 Å². The summed E-state index contributed by atoms with van der Waals surface area (Å²) >= 11 is 0. The zero-order valence-corrected chi connectivity index (χ0v) is 12.2. The molecule has 3 rings (SSSR count). The van der Waals surface area contributed by atoms with Crippen LogP contribution in [-0.4, -0.2) is 37.7 Å². The fourth-order valence-electron chi connectivity index (χ4n) is 3.70. The van der Waals surface area contributed by atoms with Crippen molar-refractivity contribution in [2.45, 2.75) is 38.8 Å². The molecule has 0 bridgehead atoms. The van der Waals surface area contributed by atoms with Crippen LogP contribution in [0.15, 0.2) is 12.1 Å². The van der Waals surface area contributed by atoms with Crippen LogP contribution in [0.2, 0.25) is 0 Å². The van der Waals surface area contributed by atoms with E-state index in [-0.39, 0.29) is 0 Å². The van der Waals surface area contributed by atoms with Crippen LogP contribution in [-0.2, 0) is 0 Å². The van der Waals surface area contributed by atoms with E-state index in [4.69, 9.17) is 4.74 Å². The molecule has 2 saturated heterocycles. The van der Waals surface area contributed by atoms with Gasteiger partial charge in [-0.25, -0.2) is 0 Å². The minimum absolute atomic E-state index is 0.608. The molecule has 0 unspecified atom stereocenters. The van der Waals surface area contributed by atoms with Crippen LogP contribution in [0.3, 0.4) is 0 Å². The molecule has 3 nitrogen and oxygen atoms in total. The van der Waals surface area contributed by atoms with Gasteiger partial charge < -0.3 is 10.1 Å². The van der Waals surface area contributed by atoms with Crippen molar-refractivity contribution >= 4 is 0 Å². The molecule has 2 fully saturated rings. The summed E-state index contributed by atoms with van der Waals surface area (Å²) in [4.78, 5) is 2.70. The third-order valence-corrected chi connectivity index (χ3v) is 4.93. The second kappa shape index (κ2) is 5.14. The Bertz CT molecular complexity index is 472. The normalized spacial score (nSPS) is 27.3. The zero-order chi connectivity index (χ0) is 13.4. The number of piperazine rings is 1. The number of nitrogens with zero attached hydrogens (tertiary/aromatic N) is 1. The fourth-order valence-corrected chi connectivity index (χ4v) is 3.70. The van der Waals surface area contributed by atoms with E-state index in [2.05, 4.69) is 36.2 Å². The lowest BCUT2D eigenvalue weighted by Crippen LogP contribution is -2.48. The molecular formula is C16H24N2O. The lowest BCUT2D eigenvalue weighted by molar-refractivity contribution is 0.161. The largest absolute Gasteiger partial charge is 0.496 e. The third-order valence-electron chi connectivity index (χ3n) is 4.93. The molecule has 1 aromatic rings. The van der Waals surface area contributed by atoms with Gasteiger partial charge in [-0.2, -0.15) is 0 Å². The van der Waals surface area contributed by atoms with Gasteiger partial charge >= 0.3 is 0 Å². The molecule has 3 heteroatoms.